The topological polar surface area (TPSA) is 20.2 Å². The average Bonchev–Trinajstić information content (AvgIpc) is 1.77. The van der Waals surface area contributed by atoms with Gasteiger partial charge < -0.3 is 24.0 Å². The third-order valence-electron chi connectivity index (χ3n) is 1.60. The van der Waals surface area contributed by atoms with Gasteiger partial charge in [0.25, 0.3) is 0 Å². The number of hydrogen-bond acceptors (Lipinski definition) is 1. The van der Waals surface area contributed by atoms with E-state index in [-0.39, 0.29) is 44.0 Å². The zero-order valence-electron chi connectivity index (χ0n) is 5.64. The van der Waals surface area contributed by atoms with E-state index in [0.29, 0.717) is 0 Å². The number of hydrogen-bond donors (Lipinski definition) is 1. The van der Waals surface area contributed by atoms with Gasteiger partial charge in [0.15, 0.2) is 0 Å². The minimum atomic E-state index is -0.178. The first kappa shape index (κ1) is 10.2. The van der Waals surface area contributed by atoms with Crippen LogP contribution in [0.25, 0.3) is 0 Å². The summed E-state index contributed by atoms with van der Waals surface area (Å²) in [6, 6.07) is 0. The number of aliphatic hydroxyl groups excluding tert-OH is 1. The molecule has 1 aliphatic heterocycles. The fourth-order valence-corrected chi connectivity index (χ4v) is 4.18. The summed E-state index contributed by atoms with van der Waals surface area (Å²) in [7, 11) is 0. The van der Waals surface area contributed by atoms with Gasteiger partial charge in [0, 0.05) is 0 Å². The van der Waals surface area contributed by atoms with Gasteiger partial charge in [-0.15, -0.1) is 0 Å². The monoisotopic (exact) mass is 308 g/mol. The molecule has 0 aromatic carbocycles. The second-order valence-electron chi connectivity index (χ2n) is 2.42. The number of rotatable bonds is 0. The average molecular weight is 307 g/mol. The first-order valence-electron chi connectivity index (χ1n) is 3.06. The normalized spacial score (nSPS) is 35.3. The smallest absolute Gasteiger partial charge is 1.00 e. The van der Waals surface area contributed by atoms with Crippen molar-refractivity contribution in [3.63, 3.8) is 0 Å². The number of aliphatic hydroxyl groups is 1. The molecule has 56 valence electrons. The molecular weight excluding hydrogens is 294 g/mol. The van der Waals surface area contributed by atoms with Crippen LogP contribution in [0.5, 0.6) is 0 Å². The van der Waals surface area contributed by atoms with E-state index >= 15 is 0 Å². The van der Waals surface area contributed by atoms with E-state index in [1.807, 2.05) is 0 Å². The van der Waals surface area contributed by atoms with E-state index in [4.69, 9.17) is 5.11 Å². The van der Waals surface area contributed by atoms with Crippen LogP contribution in [0.3, 0.4) is 0 Å². The first-order valence-corrected chi connectivity index (χ1v) is 7.20. The molecule has 1 saturated heterocycles. The fourth-order valence-electron chi connectivity index (χ4n) is 0.921. The largest absolute Gasteiger partial charge is 1.00 e. The molecular formula is C6H13IOSe. The van der Waals surface area contributed by atoms with Crippen molar-refractivity contribution < 1.29 is 29.1 Å². The Hall–Kier alpha value is 1.21. The Labute approximate surface area is 78.1 Å². The van der Waals surface area contributed by atoms with Crippen LogP contribution in [0.4, 0.5) is 0 Å². The molecule has 1 N–H and O–H groups in total. The van der Waals surface area contributed by atoms with Crippen LogP contribution in [0, 0.1) is 0 Å². The van der Waals surface area contributed by atoms with Gasteiger partial charge in [-0.05, 0) is 0 Å². The minimum absolute atomic E-state index is 0. The van der Waals surface area contributed by atoms with Crippen molar-refractivity contribution in [3.8, 4) is 0 Å². The Kier molecular flexibility index (Phi) is 5.60. The predicted molar refractivity (Wildman–Crippen MR) is 36.5 cm³/mol. The predicted octanol–water partition coefficient (Wildman–Crippen LogP) is -1.73. The standard InChI is InChI=1S/C6H13OSe.HI/c1-8-4-2-6(7)3-5-8;/h6-7H,2-5H2,1H3;1H/q+1;/p-1. The quantitative estimate of drug-likeness (QED) is 0.417. The summed E-state index contributed by atoms with van der Waals surface area (Å²) in [5, 5.41) is 11.7. The van der Waals surface area contributed by atoms with Crippen molar-refractivity contribution in [1.82, 2.24) is 0 Å². The summed E-state index contributed by atoms with van der Waals surface area (Å²) < 4.78 is 0. The van der Waals surface area contributed by atoms with Crippen LogP contribution in [0.2, 0.25) is 16.5 Å². The third-order valence-corrected chi connectivity index (χ3v) is 5.51. The van der Waals surface area contributed by atoms with Crippen LogP contribution in [0.15, 0.2) is 0 Å². The van der Waals surface area contributed by atoms with Crippen LogP contribution in [0.1, 0.15) is 12.8 Å². The van der Waals surface area contributed by atoms with E-state index in [1.54, 1.807) is 0 Å². The zero-order valence-corrected chi connectivity index (χ0v) is 9.51. The van der Waals surface area contributed by atoms with Gasteiger partial charge >= 0.3 is 54.4 Å². The van der Waals surface area contributed by atoms with Crippen LogP contribution < -0.4 is 24.0 Å². The summed E-state index contributed by atoms with van der Waals surface area (Å²) >= 11 is -0.178. The Morgan fingerprint density at radius 3 is 2.11 bits per heavy atom. The molecule has 1 heterocycles. The van der Waals surface area contributed by atoms with Gasteiger partial charge in [-0.3, -0.25) is 0 Å². The molecule has 0 radical (unpaired) electrons. The Morgan fingerprint density at radius 2 is 1.78 bits per heavy atom. The van der Waals surface area contributed by atoms with Crippen molar-refractivity contribution in [2.24, 2.45) is 0 Å². The van der Waals surface area contributed by atoms with Crippen LogP contribution in [-0.4, -0.2) is 25.1 Å². The van der Waals surface area contributed by atoms with E-state index in [0.717, 1.165) is 12.8 Å². The van der Waals surface area contributed by atoms with Gasteiger partial charge in [-0.1, -0.05) is 0 Å². The summed E-state index contributed by atoms with van der Waals surface area (Å²) in [5.41, 5.74) is 0. The van der Waals surface area contributed by atoms with Gasteiger partial charge in [0.2, 0.25) is 0 Å². The van der Waals surface area contributed by atoms with Crippen molar-refractivity contribution in [3.05, 3.63) is 0 Å². The van der Waals surface area contributed by atoms with Crippen molar-refractivity contribution in [1.29, 1.82) is 0 Å². The molecule has 0 bridgehead atoms. The summed E-state index contributed by atoms with van der Waals surface area (Å²) in [5.74, 6) is 2.38. The van der Waals surface area contributed by atoms with Gasteiger partial charge in [0.1, 0.15) is 0 Å². The van der Waals surface area contributed by atoms with E-state index in [9.17, 15) is 0 Å². The van der Waals surface area contributed by atoms with Crippen LogP contribution in [-0.2, 0) is 0 Å². The molecule has 0 amide bonds. The second-order valence-corrected chi connectivity index (χ2v) is 7.41. The maximum atomic E-state index is 9.05. The maximum Gasteiger partial charge on any atom is -1.00 e. The molecule has 0 spiro atoms. The molecule has 1 nitrogen and oxygen atoms in total. The second kappa shape index (κ2) is 4.94. The van der Waals surface area contributed by atoms with E-state index < -0.39 is 0 Å². The molecule has 1 rings (SSSR count). The van der Waals surface area contributed by atoms with E-state index in [1.165, 1.54) is 10.6 Å². The van der Waals surface area contributed by atoms with Gasteiger partial charge in [0.05, 0.1) is 0 Å². The van der Waals surface area contributed by atoms with Crippen molar-refractivity contribution >= 4 is 13.9 Å². The molecule has 0 aromatic heterocycles. The molecule has 0 atom stereocenters. The molecule has 1 fully saturated rings. The SMILES string of the molecule is C[Se+]1CCC(O)CC1.[I-]. The van der Waals surface area contributed by atoms with Crippen LogP contribution >= 0.6 is 0 Å². The van der Waals surface area contributed by atoms with Gasteiger partial charge in [-0.2, -0.15) is 0 Å². The molecule has 1 aliphatic rings. The summed E-state index contributed by atoms with van der Waals surface area (Å²) in [4.78, 5) is 0. The van der Waals surface area contributed by atoms with Crippen molar-refractivity contribution in [2.75, 3.05) is 0 Å². The molecule has 0 saturated carbocycles. The maximum absolute atomic E-state index is 9.05. The Morgan fingerprint density at radius 1 is 1.33 bits per heavy atom. The Balaban J connectivity index is 0.000000640. The molecule has 0 aliphatic carbocycles. The zero-order chi connectivity index (χ0) is 5.98. The first-order chi connectivity index (χ1) is 3.79. The summed E-state index contributed by atoms with van der Waals surface area (Å²) in [6.07, 6.45) is 2.22. The van der Waals surface area contributed by atoms with E-state index in [2.05, 4.69) is 5.82 Å². The minimum Gasteiger partial charge on any atom is -1.00 e. The summed E-state index contributed by atoms with van der Waals surface area (Å²) in [6.45, 7) is 0. The Bertz CT molecular complexity index is 61.5. The molecule has 0 unspecified atom stereocenters. The number of halogens is 1. The molecule has 3 heteroatoms. The van der Waals surface area contributed by atoms with Crippen molar-refractivity contribution in [2.45, 2.75) is 35.4 Å². The molecule has 9 heavy (non-hydrogen) atoms. The third kappa shape index (κ3) is 3.81. The van der Waals surface area contributed by atoms with Gasteiger partial charge in [-0.25, -0.2) is 0 Å². The fraction of sp³-hybridized carbons (Fsp3) is 1.00. The molecule has 0 aromatic rings.